The molecule has 0 saturated heterocycles. The van der Waals surface area contributed by atoms with Crippen LogP contribution in [0.4, 0.5) is 0 Å². The Morgan fingerprint density at radius 3 is 2.54 bits per heavy atom. The summed E-state index contributed by atoms with van der Waals surface area (Å²) >= 11 is 5.68. The van der Waals surface area contributed by atoms with E-state index in [9.17, 15) is 5.26 Å². The van der Waals surface area contributed by atoms with Gasteiger partial charge in [0.2, 0.25) is 12.7 Å². The topological polar surface area (TPSA) is 96.0 Å². The van der Waals surface area contributed by atoms with E-state index in [-0.39, 0.29) is 12.7 Å². The summed E-state index contributed by atoms with van der Waals surface area (Å²) in [6, 6.07) is 17.7. The third-order valence-corrected chi connectivity index (χ3v) is 7.00. The lowest BCUT2D eigenvalue weighted by Gasteiger charge is -2.27. The number of hydrogen-bond donors (Lipinski definition) is 1. The molecule has 2 heterocycles. The molecular weight excluding hydrogens is 627 g/mol. The Hall–Kier alpha value is -3.10. The molecule has 1 atom stereocenters. The Bertz CT molecular complexity index is 1370. The van der Waals surface area contributed by atoms with Gasteiger partial charge in [0, 0.05) is 16.1 Å². The van der Waals surface area contributed by atoms with E-state index in [1.165, 1.54) is 0 Å². The van der Waals surface area contributed by atoms with Crippen LogP contribution in [0.2, 0.25) is 0 Å². The molecule has 0 spiro atoms. The second-order valence-corrected chi connectivity index (χ2v) is 9.92. The first-order valence-electron chi connectivity index (χ1n) is 10.8. The number of nitrogens with zero attached hydrogens (tertiary/aromatic N) is 1. The average Bonchev–Trinajstić information content (AvgIpc) is 3.30. The van der Waals surface area contributed by atoms with Crippen molar-refractivity contribution < 1.29 is 23.7 Å². The van der Waals surface area contributed by atoms with Crippen molar-refractivity contribution in [2.45, 2.75) is 19.4 Å². The van der Waals surface area contributed by atoms with Crippen molar-refractivity contribution in [2.24, 2.45) is 5.73 Å². The summed E-state index contributed by atoms with van der Waals surface area (Å²) in [5, 5.41) is 9.95. The zero-order valence-electron chi connectivity index (χ0n) is 18.6. The van der Waals surface area contributed by atoms with Crippen LogP contribution in [-0.4, -0.2) is 13.4 Å². The molecule has 2 aliphatic rings. The molecule has 0 fully saturated rings. The molecule has 178 valence electrons. The number of ether oxygens (including phenoxy) is 5. The fraction of sp³-hybridized carbons (Fsp3) is 0.192. The standard InChI is InChI=1S/C26H20BrIN2O5/c1-2-31-23-8-15(7-19(28)25(23)32-12-14-3-5-16(27)6-4-14)24-17-9-21-22(34-13-33-21)10-20(17)35-26(30)18(24)11-29/h3-10,24H,2,12-13,30H2,1H3/t24-/m1/s1. The number of benzene rings is 3. The van der Waals surface area contributed by atoms with E-state index in [1.54, 1.807) is 6.07 Å². The van der Waals surface area contributed by atoms with E-state index in [0.29, 0.717) is 47.5 Å². The predicted octanol–water partition coefficient (Wildman–Crippen LogP) is 5.98. The molecule has 35 heavy (non-hydrogen) atoms. The number of allylic oxidation sites excluding steroid dienone is 1. The molecule has 9 heteroatoms. The lowest BCUT2D eigenvalue weighted by Crippen LogP contribution is -2.21. The summed E-state index contributed by atoms with van der Waals surface area (Å²) in [6.45, 7) is 2.90. The fourth-order valence-electron chi connectivity index (χ4n) is 4.08. The van der Waals surface area contributed by atoms with E-state index >= 15 is 0 Å². The van der Waals surface area contributed by atoms with Crippen molar-refractivity contribution in [1.29, 1.82) is 5.26 Å². The minimum atomic E-state index is -0.466. The number of fused-ring (bicyclic) bond motifs is 2. The molecule has 0 unspecified atom stereocenters. The van der Waals surface area contributed by atoms with Crippen molar-refractivity contribution >= 4 is 38.5 Å². The zero-order valence-corrected chi connectivity index (χ0v) is 22.4. The van der Waals surface area contributed by atoms with E-state index < -0.39 is 5.92 Å². The van der Waals surface area contributed by atoms with Gasteiger partial charge >= 0.3 is 0 Å². The Labute approximate surface area is 224 Å². The normalized spacial score (nSPS) is 15.8. The third kappa shape index (κ3) is 4.60. The molecule has 2 N–H and O–H groups in total. The highest BCUT2D eigenvalue weighted by molar-refractivity contribution is 14.1. The number of nitriles is 1. The van der Waals surface area contributed by atoms with Crippen LogP contribution < -0.4 is 29.4 Å². The molecule has 0 saturated carbocycles. The van der Waals surface area contributed by atoms with Crippen molar-refractivity contribution in [3.63, 3.8) is 0 Å². The van der Waals surface area contributed by atoms with Gasteiger partial charge in [-0.25, -0.2) is 0 Å². The van der Waals surface area contributed by atoms with Crippen LogP contribution in [0.5, 0.6) is 28.7 Å². The first-order valence-corrected chi connectivity index (χ1v) is 12.7. The number of nitrogens with two attached hydrogens (primary N) is 1. The molecule has 7 nitrogen and oxygen atoms in total. The maximum absolute atomic E-state index is 9.95. The predicted molar refractivity (Wildman–Crippen MR) is 141 cm³/mol. The molecule has 3 aromatic carbocycles. The SMILES string of the molecule is CCOc1cc([C@H]2C(C#N)=C(N)Oc3cc4c(cc32)OCO4)cc(I)c1OCc1ccc(Br)cc1. The Morgan fingerprint density at radius 2 is 1.83 bits per heavy atom. The number of halogens is 2. The number of hydrogen-bond acceptors (Lipinski definition) is 7. The minimum Gasteiger partial charge on any atom is -0.490 e. The fourth-order valence-corrected chi connectivity index (χ4v) is 5.13. The van der Waals surface area contributed by atoms with Gasteiger partial charge in [0.25, 0.3) is 0 Å². The molecule has 0 aliphatic carbocycles. The van der Waals surface area contributed by atoms with Gasteiger partial charge in [0.1, 0.15) is 24.0 Å². The minimum absolute atomic E-state index is 0.0624. The molecule has 0 amide bonds. The van der Waals surface area contributed by atoms with Crippen molar-refractivity contribution in [3.05, 3.63) is 84.7 Å². The first kappa shape index (κ1) is 23.6. The van der Waals surface area contributed by atoms with Crippen LogP contribution in [0.3, 0.4) is 0 Å². The highest BCUT2D eigenvalue weighted by Crippen LogP contribution is 2.49. The van der Waals surface area contributed by atoms with Gasteiger partial charge in [-0.05, 0) is 71.0 Å². The summed E-state index contributed by atoms with van der Waals surface area (Å²) in [4.78, 5) is 0. The molecule has 2 aliphatic heterocycles. The van der Waals surface area contributed by atoms with Crippen molar-refractivity contribution in [2.75, 3.05) is 13.4 Å². The van der Waals surface area contributed by atoms with E-state index in [0.717, 1.165) is 24.7 Å². The third-order valence-electron chi connectivity index (χ3n) is 5.67. The largest absolute Gasteiger partial charge is 0.490 e. The van der Waals surface area contributed by atoms with Crippen LogP contribution in [-0.2, 0) is 6.61 Å². The van der Waals surface area contributed by atoms with E-state index in [1.807, 2.05) is 49.4 Å². The van der Waals surface area contributed by atoms with Crippen molar-refractivity contribution in [1.82, 2.24) is 0 Å². The van der Waals surface area contributed by atoms with Gasteiger partial charge in [-0.2, -0.15) is 5.26 Å². The average molecular weight is 647 g/mol. The Balaban J connectivity index is 1.56. The van der Waals surface area contributed by atoms with Crippen LogP contribution in [0.25, 0.3) is 0 Å². The highest BCUT2D eigenvalue weighted by Gasteiger charge is 2.34. The molecule has 0 aromatic heterocycles. The summed E-state index contributed by atoms with van der Waals surface area (Å²) < 4.78 is 30.9. The monoisotopic (exact) mass is 646 g/mol. The Kier molecular flexibility index (Phi) is 6.67. The van der Waals surface area contributed by atoms with Gasteiger partial charge < -0.3 is 29.4 Å². The van der Waals surface area contributed by atoms with Crippen molar-refractivity contribution in [3.8, 4) is 34.8 Å². The summed E-state index contributed by atoms with van der Waals surface area (Å²) in [7, 11) is 0. The second-order valence-electron chi connectivity index (χ2n) is 7.85. The van der Waals surface area contributed by atoms with Gasteiger partial charge in [-0.15, -0.1) is 0 Å². The molecule has 0 bridgehead atoms. The van der Waals surface area contributed by atoms with Gasteiger partial charge in [-0.3, -0.25) is 0 Å². The van der Waals surface area contributed by atoms with Gasteiger partial charge in [0.05, 0.1) is 16.1 Å². The number of rotatable bonds is 6. The van der Waals surface area contributed by atoms with Crippen LogP contribution >= 0.6 is 38.5 Å². The lowest BCUT2D eigenvalue weighted by molar-refractivity contribution is 0.174. The zero-order chi connectivity index (χ0) is 24.5. The molecule has 0 radical (unpaired) electrons. The van der Waals surface area contributed by atoms with Crippen LogP contribution in [0.1, 0.15) is 29.5 Å². The second kappa shape index (κ2) is 9.87. The van der Waals surface area contributed by atoms with E-state index in [4.69, 9.17) is 29.4 Å². The maximum Gasteiger partial charge on any atom is 0.231 e. The summed E-state index contributed by atoms with van der Waals surface area (Å²) in [6.07, 6.45) is 0. The molecule has 5 rings (SSSR count). The maximum atomic E-state index is 9.95. The quantitative estimate of drug-likeness (QED) is 0.329. The van der Waals surface area contributed by atoms with Gasteiger partial charge in [0.15, 0.2) is 23.0 Å². The first-order chi connectivity index (χ1) is 17.0. The van der Waals surface area contributed by atoms with E-state index in [2.05, 4.69) is 44.6 Å². The lowest BCUT2D eigenvalue weighted by atomic mass is 9.83. The van der Waals surface area contributed by atoms with Crippen LogP contribution in [0, 0.1) is 14.9 Å². The van der Waals surface area contributed by atoms with Crippen LogP contribution in [0.15, 0.2) is 64.5 Å². The highest BCUT2D eigenvalue weighted by atomic mass is 127. The Morgan fingerprint density at radius 1 is 1.09 bits per heavy atom. The molecular formula is C26H20BrIN2O5. The van der Waals surface area contributed by atoms with Gasteiger partial charge in [-0.1, -0.05) is 28.1 Å². The molecule has 3 aromatic rings. The summed E-state index contributed by atoms with van der Waals surface area (Å²) in [5.41, 5.74) is 9.11. The smallest absolute Gasteiger partial charge is 0.231 e. The summed E-state index contributed by atoms with van der Waals surface area (Å²) in [5.74, 6) is 2.54.